The molecule has 0 fully saturated rings. The van der Waals surface area contributed by atoms with Crippen LogP contribution < -0.4 is 5.32 Å². The van der Waals surface area contributed by atoms with E-state index in [0.717, 1.165) is 13.1 Å². The molecular formula is C11H24N2O. The number of likely N-dealkylation sites (N-methyl/N-ethyl adjacent to an activating group) is 1. The van der Waals surface area contributed by atoms with Crippen LogP contribution in [0.1, 0.15) is 33.6 Å². The summed E-state index contributed by atoms with van der Waals surface area (Å²) in [4.78, 5) is 13.1. The van der Waals surface area contributed by atoms with Gasteiger partial charge in [0.1, 0.15) is 0 Å². The van der Waals surface area contributed by atoms with Crippen molar-refractivity contribution in [2.45, 2.75) is 33.6 Å². The molecule has 0 aliphatic rings. The van der Waals surface area contributed by atoms with E-state index >= 15 is 0 Å². The summed E-state index contributed by atoms with van der Waals surface area (Å²) in [5, 5.41) is 3.19. The van der Waals surface area contributed by atoms with E-state index in [1.807, 2.05) is 14.0 Å². The topological polar surface area (TPSA) is 32.3 Å². The van der Waals surface area contributed by atoms with Crippen LogP contribution in [-0.2, 0) is 4.79 Å². The number of rotatable bonds is 7. The van der Waals surface area contributed by atoms with Crippen molar-refractivity contribution in [2.75, 3.05) is 26.7 Å². The minimum Gasteiger partial charge on any atom is -0.345 e. The molecule has 0 radical (unpaired) electrons. The van der Waals surface area contributed by atoms with Crippen LogP contribution in [-0.4, -0.2) is 37.5 Å². The fourth-order valence-corrected chi connectivity index (χ4v) is 1.33. The zero-order chi connectivity index (χ0) is 11.0. The number of hydrogen-bond acceptors (Lipinski definition) is 2. The van der Waals surface area contributed by atoms with Crippen LogP contribution in [0.2, 0.25) is 0 Å². The van der Waals surface area contributed by atoms with Crippen molar-refractivity contribution in [3.8, 4) is 0 Å². The van der Waals surface area contributed by atoms with Crippen molar-refractivity contribution >= 4 is 5.91 Å². The van der Waals surface area contributed by atoms with Gasteiger partial charge in [0.15, 0.2) is 0 Å². The van der Waals surface area contributed by atoms with Crippen LogP contribution in [0, 0.1) is 5.92 Å². The van der Waals surface area contributed by atoms with Gasteiger partial charge in [0.25, 0.3) is 0 Å². The Bertz CT molecular complexity index is 159. The molecule has 0 saturated carbocycles. The molecule has 0 bridgehead atoms. The fraction of sp³-hybridized carbons (Fsp3) is 0.909. The van der Waals surface area contributed by atoms with Crippen LogP contribution in [0.25, 0.3) is 0 Å². The van der Waals surface area contributed by atoms with Gasteiger partial charge in [-0.15, -0.1) is 0 Å². The lowest BCUT2D eigenvalue weighted by atomic mass is 10.1. The summed E-state index contributed by atoms with van der Waals surface area (Å²) in [6.45, 7) is 8.58. The predicted octanol–water partition coefficient (Wildman–Crippen LogP) is 1.49. The van der Waals surface area contributed by atoms with Crippen molar-refractivity contribution in [2.24, 2.45) is 5.92 Å². The summed E-state index contributed by atoms with van der Waals surface area (Å²) in [5.74, 6) is 0.843. The van der Waals surface area contributed by atoms with Gasteiger partial charge in [-0.2, -0.15) is 0 Å². The summed E-state index contributed by atoms with van der Waals surface area (Å²) in [6, 6.07) is 0. The van der Waals surface area contributed by atoms with E-state index in [0.29, 0.717) is 12.5 Å². The number of nitrogens with zero attached hydrogens (tertiary/aromatic N) is 1. The van der Waals surface area contributed by atoms with Crippen molar-refractivity contribution in [1.82, 2.24) is 10.2 Å². The van der Waals surface area contributed by atoms with Gasteiger partial charge in [-0.25, -0.2) is 0 Å². The Labute approximate surface area is 87.9 Å². The summed E-state index contributed by atoms with van der Waals surface area (Å²) >= 11 is 0. The predicted molar refractivity (Wildman–Crippen MR) is 60.3 cm³/mol. The normalized spacial score (nSPS) is 12.6. The van der Waals surface area contributed by atoms with E-state index in [-0.39, 0.29) is 5.91 Å². The van der Waals surface area contributed by atoms with E-state index in [4.69, 9.17) is 0 Å². The van der Waals surface area contributed by atoms with Gasteiger partial charge in [0.05, 0.1) is 6.54 Å². The highest BCUT2D eigenvalue weighted by atomic mass is 16.2. The zero-order valence-electron chi connectivity index (χ0n) is 9.97. The molecule has 1 amide bonds. The van der Waals surface area contributed by atoms with Gasteiger partial charge in [-0.05, 0) is 25.8 Å². The highest BCUT2D eigenvalue weighted by molar-refractivity contribution is 5.77. The SMILES string of the molecule is CCCC(C)CNCC(=O)N(C)CC. The summed E-state index contributed by atoms with van der Waals surface area (Å²) in [5.41, 5.74) is 0. The summed E-state index contributed by atoms with van der Waals surface area (Å²) in [7, 11) is 1.83. The Morgan fingerprint density at radius 1 is 1.43 bits per heavy atom. The second kappa shape index (κ2) is 7.80. The number of nitrogens with one attached hydrogen (secondary N) is 1. The van der Waals surface area contributed by atoms with Crippen LogP contribution in [0.4, 0.5) is 0 Å². The summed E-state index contributed by atoms with van der Waals surface area (Å²) in [6.07, 6.45) is 2.44. The number of carbonyl (C=O) groups is 1. The van der Waals surface area contributed by atoms with Crippen LogP contribution in [0.3, 0.4) is 0 Å². The lowest BCUT2D eigenvalue weighted by Crippen LogP contribution is -2.36. The third kappa shape index (κ3) is 5.97. The molecule has 1 N–H and O–H groups in total. The first-order chi connectivity index (χ1) is 6.61. The third-order valence-electron chi connectivity index (χ3n) is 2.45. The molecule has 1 unspecified atom stereocenters. The highest BCUT2D eigenvalue weighted by Gasteiger charge is 2.06. The molecule has 0 spiro atoms. The molecule has 0 aromatic carbocycles. The lowest BCUT2D eigenvalue weighted by molar-refractivity contribution is -0.128. The first-order valence-corrected chi connectivity index (χ1v) is 5.56. The Kier molecular flexibility index (Phi) is 7.48. The fourth-order valence-electron chi connectivity index (χ4n) is 1.33. The van der Waals surface area contributed by atoms with E-state index in [1.54, 1.807) is 4.90 Å². The Hall–Kier alpha value is -0.570. The molecule has 0 saturated heterocycles. The minimum absolute atomic E-state index is 0.177. The maximum Gasteiger partial charge on any atom is 0.236 e. The Morgan fingerprint density at radius 2 is 2.07 bits per heavy atom. The standard InChI is InChI=1S/C11H24N2O/c1-5-7-10(3)8-12-9-11(14)13(4)6-2/h10,12H,5-9H2,1-4H3. The van der Waals surface area contributed by atoms with Gasteiger partial charge in [-0.3, -0.25) is 4.79 Å². The van der Waals surface area contributed by atoms with Crippen LogP contribution >= 0.6 is 0 Å². The first kappa shape index (κ1) is 13.4. The minimum atomic E-state index is 0.177. The zero-order valence-corrected chi connectivity index (χ0v) is 9.97. The molecule has 14 heavy (non-hydrogen) atoms. The molecule has 0 aliphatic carbocycles. The number of carbonyl (C=O) groups excluding carboxylic acids is 1. The largest absolute Gasteiger partial charge is 0.345 e. The molecular weight excluding hydrogens is 176 g/mol. The molecule has 0 heterocycles. The number of hydrogen-bond donors (Lipinski definition) is 1. The molecule has 3 heteroatoms. The summed E-state index contributed by atoms with van der Waals surface area (Å²) < 4.78 is 0. The van der Waals surface area contributed by atoms with Crippen LogP contribution in [0.15, 0.2) is 0 Å². The molecule has 3 nitrogen and oxygen atoms in total. The Morgan fingerprint density at radius 3 is 2.57 bits per heavy atom. The van der Waals surface area contributed by atoms with E-state index in [2.05, 4.69) is 19.2 Å². The van der Waals surface area contributed by atoms with E-state index in [1.165, 1.54) is 12.8 Å². The average molecular weight is 200 g/mol. The number of amides is 1. The first-order valence-electron chi connectivity index (χ1n) is 5.56. The van der Waals surface area contributed by atoms with Gasteiger partial charge in [0.2, 0.25) is 5.91 Å². The monoisotopic (exact) mass is 200 g/mol. The smallest absolute Gasteiger partial charge is 0.236 e. The molecule has 1 atom stereocenters. The third-order valence-corrected chi connectivity index (χ3v) is 2.45. The van der Waals surface area contributed by atoms with Crippen molar-refractivity contribution in [3.63, 3.8) is 0 Å². The second-order valence-corrected chi connectivity index (χ2v) is 3.93. The lowest BCUT2D eigenvalue weighted by Gasteiger charge is -2.16. The van der Waals surface area contributed by atoms with E-state index in [9.17, 15) is 4.79 Å². The van der Waals surface area contributed by atoms with Gasteiger partial charge < -0.3 is 10.2 Å². The van der Waals surface area contributed by atoms with Crippen LogP contribution in [0.5, 0.6) is 0 Å². The van der Waals surface area contributed by atoms with Gasteiger partial charge in [0, 0.05) is 13.6 Å². The van der Waals surface area contributed by atoms with Crippen molar-refractivity contribution < 1.29 is 4.79 Å². The highest BCUT2D eigenvalue weighted by Crippen LogP contribution is 2.02. The van der Waals surface area contributed by atoms with E-state index < -0.39 is 0 Å². The molecule has 0 aromatic heterocycles. The molecule has 0 rings (SSSR count). The van der Waals surface area contributed by atoms with Crippen molar-refractivity contribution in [3.05, 3.63) is 0 Å². The average Bonchev–Trinajstić information content (AvgIpc) is 2.16. The van der Waals surface area contributed by atoms with Gasteiger partial charge in [-0.1, -0.05) is 20.3 Å². The quantitative estimate of drug-likeness (QED) is 0.675. The maximum atomic E-state index is 11.4. The molecule has 0 aromatic rings. The van der Waals surface area contributed by atoms with Gasteiger partial charge >= 0.3 is 0 Å². The Balaban J connectivity index is 3.48. The molecule has 0 aliphatic heterocycles. The molecule has 84 valence electrons. The maximum absolute atomic E-state index is 11.4. The second-order valence-electron chi connectivity index (χ2n) is 3.93. The van der Waals surface area contributed by atoms with Crippen molar-refractivity contribution in [1.29, 1.82) is 0 Å².